The number of hydrogen-bond donors (Lipinski definition) is 0. The molecular formula is C32H41BrN2O2. The first kappa shape index (κ1) is 29.0. The van der Waals surface area contributed by atoms with Crippen LogP contribution in [0.1, 0.15) is 106 Å². The number of nitrogens with zero attached hydrogens (tertiary/aromatic N) is 2. The minimum atomic E-state index is -0.362. The average Bonchev–Trinajstić information content (AvgIpc) is 2.92. The Morgan fingerprint density at radius 1 is 0.757 bits per heavy atom. The lowest BCUT2D eigenvalue weighted by Gasteiger charge is -2.09. The number of hydrogen-bond acceptors (Lipinski definition) is 4. The zero-order chi connectivity index (χ0) is 26.3. The summed E-state index contributed by atoms with van der Waals surface area (Å²) in [5.74, 6) is 0.821. The van der Waals surface area contributed by atoms with Crippen LogP contribution in [0.5, 0.6) is 5.75 Å². The van der Waals surface area contributed by atoms with Crippen molar-refractivity contribution in [2.24, 2.45) is 0 Å². The summed E-state index contributed by atoms with van der Waals surface area (Å²) in [6, 6.07) is 13.1. The van der Waals surface area contributed by atoms with Crippen LogP contribution in [0.3, 0.4) is 0 Å². The van der Waals surface area contributed by atoms with E-state index in [-0.39, 0.29) is 5.97 Å². The fourth-order valence-electron chi connectivity index (χ4n) is 4.38. The number of halogens is 1. The summed E-state index contributed by atoms with van der Waals surface area (Å²) in [6.07, 6.45) is 19.8. The Balaban J connectivity index is 1.48. The van der Waals surface area contributed by atoms with E-state index in [0.29, 0.717) is 17.1 Å². The topological polar surface area (TPSA) is 52.1 Å². The van der Waals surface area contributed by atoms with E-state index < -0.39 is 0 Å². The van der Waals surface area contributed by atoms with E-state index in [4.69, 9.17) is 4.74 Å². The van der Waals surface area contributed by atoms with E-state index in [1.54, 1.807) is 12.1 Å². The van der Waals surface area contributed by atoms with Crippen LogP contribution in [0.4, 0.5) is 0 Å². The van der Waals surface area contributed by atoms with E-state index in [1.165, 1.54) is 81.8 Å². The highest BCUT2D eigenvalue weighted by Crippen LogP contribution is 2.24. The van der Waals surface area contributed by atoms with Gasteiger partial charge >= 0.3 is 5.97 Å². The number of esters is 1. The first-order valence-corrected chi connectivity index (χ1v) is 14.8. The standard InChI is InChI=1S/C32H41BrN2O2/c1-3-5-7-9-11-13-15-26-16-17-28(22-30(26)33)32(36)37-29-20-18-27(19-21-29)31-34-23-25(24-35-31)14-12-10-8-6-4-2/h16-24H,3-15H2,1-2H3. The molecule has 1 heterocycles. The third-order valence-corrected chi connectivity index (χ3v) is 7.42. The summed E-state index contributed by atoms with van der Waals surface area (Å²) in [6.45, 7) is 4.47. The van der Waals surface area contributed by atoms with Crippen LogP contribution < -0.4 is 4.74 Å². The first-order chi connectivity index (χ1) is 18.1. The summed E-state index contributed by atoms with van der Waals surface area (Å²) in [5.41, 5.74) is 3.85. The number of benzene rings is 2. The van der Waals surface area contributed by atoms with Gasteiger partial charge < -0.3 is 4.74 Å². The van der Waals surface area contributed by atoms with Gasteiger partial charge in [-0.25, -0.2) is 14.8 Å². The molecule has 0 atom stereocenters. The molecule has 0 amide bonds. The third kappa shape index (κ3) is 10.0. The van der Waals surface area contributed by atoms with Crippen LogP contribution in [0.15, 0.2) is 59.3 Å². The molecule has 4 nitrogen and oxygen atoms in total. The predicted octanol–water partition coefficient (Wildman–Crippen LogP) is 9.54. The molecule has 0 saturated carbocycles. The largest absolute Gasteiger partial charge is 0.423 e. The molecule has 3 aromatic rings. The summed E-state index contributed by atoms with van der Waals surface area (Å²) < 4.78 is 6.58. The van der Waals surface area contributed by atoms with E-state index in [2.05, 4.69) is 39.7 Å². The molecule has 37 heavy (non-hydrogen) atoms. The second kappa shape index (κ2) is 16.3. The maximum absolute atomic E-state index is 12.7. The van der Waals surface area contributed by atoms with E-state index in [9.17, 15) is 4.79 Å². The summed E-state index contributed by atoms with van der Waals surface area (Å²) >= 11 is 3.64. The van der Waals surface area contributed by atoms with Gasteiger partial charge in [-0.15, -0.1) is 0 Å². The molecule has 1 aromatic heterocycles. The molecule has 3 rings (SSSR count). The first-order valence-electron chi connectivity index (χ1n) is 14.0. The minimum Gasteiger partial charge on any atom is -0.423 e. The van der Waals surface area contributed by atoms with Crippen molar-refractivity contribution >= 4 is 21.9 Å². The number of unbranched alkanes of at least 4 members (excludes halogenated alkanes) is 9. The van der Waals surface area contributed by atoms with Crippen LogP contribution >= 0.6 is 15.9 Å². The van der Waals surface area contributed by atoms with Crippen molar-refractivity contribution < 1.29 is 9.53 Å². The number of aryl methyl sites for hydroxylation is 2. The van der Waals surface area contributed by atoms with E-state index in [0.717, 1.165) is 22.9 Å². The maximum Gasteiger partial charge on any atom is 0.343 e. The van der Waals surface area contributed by atoms with Crippen LogP contribution in [0, 0.1) is 0 Å². The van der Waals surface area contributed by atoms with Gasteiger partial charge in [-0.05, 0) is 73.2 Å². The Hall–Kier alpha value is -2.53. The van der Waals surface area contributed by atoms with Gasteiger partial charge in [0.25, 0.3) is 0 Å². The van der Waals surface area contributed by atoms with E-state index >= 15 is 0 Å². The average molecular weight is 566 g/mol. The Kier molecular flexibility index (Phi) is 12.8. The lowest BCUT2D eigenvalue weighted by atomic mass is 10.0. The monoisotopic (exact) mass is 564 g/mol. The molecule has 0 spiro atoms. The van der Waals surface area contributed by atoms with Crippen LogP contribution in [0.2, 0.25) is 0 Å². The van der Waals surface area contributed by atoms with Crippen molar-refractivity contribution in [2.75, 3.05) is 0 Å². The highest BCUT2D eigenvalue weighted by molar-refractivity contribution is 9.10. The van der Waals surface area contributed by atoms with Crippen LogP contribution in [-0.4, -0.2) is 15.9 Å². The van der Waals surface area contributed by atoms with Crippen molar-refractivity contribution in [2.45, 2.75) is 97.3 Å². The molecule has 5 heteroatoms. The highest BCUT2D eigenvalue weighted by Gasteiger charge is 2.12. The van der Waals surface area contributed by atoms with Crippen molar-refractivity contribution in [3.8, 4) is 17.1 Å². The molecule has 0 unspecified atom stereocenters. The van der Waals surface area contributed by atoms with Gasteiger partial charge in [0, 0.05) is 22.4 Å². The third-order valence-electron chi connectivity index (χ3n) is 6.69. The molecule has 0 fully saturated rings. The highest BCUT2D eigenvalue weighted by atomic mass is 79.9. The van der Waals surface area contributed by atoms with Crippen molar-refractivity contribution in [1.82, 2.24) is 9.97 Å². The van der Waals surface area contributed by atoms with Gasteiger partial charge in [0.05, 0.1) is 5.56 Å². The van der Waals surface area contributed by atoms with Crippen LogP contribution in [0.25, 0.3) is 11.4 Å². The minimum absolute atomic E-state index is 0.362. The molecule has 0 aliphatic rings. The van der Waals surface area contributed by atoms with Crippen molar-refractivity contribution in [3.63, 3.8) is 0 Å². The smallest absolute Gasteiger partial charge is 0.343 e. The molecule has 0 radical (unpaired) electrons. The number of ether oxygens (including phenoxy) is 1. The Morgan fingerprint density at radius 2 is 1.35 bits per heavy atom. The summed E-state index contributed by atoms with van der Waals surface area (Å²) in [7, 11) is 0. The zero-order valence-corrected chi connectivity index (χ0v) is 24.1. The fraction of sp³-hybridized carbons (Fsp3) is 0.469. The number of rotatable bonds is 16. The van der Waals surface area contributed by atoms with Crippen molar-refractivity contribution in [1.29, 1.82) is 0 Å². The van der Waals surface area contributed by atoms with Crippen LogP contribution in [-0.2, 0) is 12.8 Å². The summed E-state index contributed by atoms with van der Waals surface area (Å²) in [5, 5.41) is 0. The molecule has 0 bridgehead atoms. The quantitative estimate of drug-likeness (QED) is 0.0986. The van der Waals surface area contributed by atoms with E-state index in [1.807, 2.05) is 42.7 Å². The number of carbonyl (C=O) groups is 1. The SMILES string of the molecule is CCCCCCCCc1ccc(C(=O)Oc2ccc(-c3ncc(CCCCCCC)cn3)cc2)cc1Br. The number of aromatic nitrogens is 2. The van der Waals surface area contributed by atoms with Crippen molar-refractivity contribution in [3.05, 3.63) is 76.0 Å². The molecule has 2 aromatic carbocycles. The normalized spacial score (nSPS) is 11.0. The molecule has 0 saturated heterocycles. The Labute approximate surface area is 231 Å². The predicted molar refractivity (Wildman–Crippen MR) is 156 cm³/mol. The molecule has 0 aliphatic carbocycles. The van der Waals surface area contributed by atoms with Gasteiger partial charge in [0.15, 0.2) is 5.82 Å². The Morgan fingerprint density at radius 3 is 1.97 bits per heavy atom. The van der Waals surface area contributed by atoms with Gasteiger partial charge in [0.2, 0.25) is 0 Å². The summed E-state index contributed by atoms with van der Waals surface area (Å²) in [4.78, 5) is 21.8. The molecule has 0 aliphatic heterocycles. The lowest BCUT2D eigenvalue weighted by molar-refractivity contribution is 0.0734. The second-order valence-corrected chi connectivity index (χ2v) is 10.7. The Bertz CT molecular complexity index is 1080. The van der Waals surface area contributed by atoms with Gasteiger partial charge in [-0.2, -0.15) is 0 Å². The lowest BCUT2D eigenvalue weighted by Crippen LogP contribution is -2.08. The zero-order valence-electron chi connectivity index (χ0n) is 22.5. The maximum atomic E-state index is 12.7. The molecular weight excluding hydrogens is 524 g/mol. The van der Waals surface area contributed by atoms with Gasteiger partial charge in [-0.1, -0.05) is 93.6 Å². The second-order valence-electron chi connectivity index (χ2n) is 9.82. The van der Waals surface area contributed by atoms with Gasteiger partial charge in [0.1, 0.15) is 5.75 Å². The molecule has 0 N–H and O–H groups in total. The van der Waals surface area contributed by atoms with Gasteiger partial charge in [-0.3, -0.25) is 0 Å². The molecule has 198 valence electrons. The number of carbonyl (C=O) groups excluding carboxylic acids is 1. The fourth-order valence-corrected chi connectivity index (χ4v) is 4.95.